The van der Waals surface area contributed by atoms with Crippen LogP contribution in [0.15, 0.2) is 12.3 Å². The van der Waals surface area contributed by atoms with Gasteiger partial charge in [-0.2, -0.15) is 0 Å². The first-order valence-corrected chi connectivity index (χ1v) is 5.65. The minimum absolute atomic E-state index is 0.0466. The van der Waals surface area contributed by atoms with Crippen LogP contribution in [0.3, 0.4) is 0 Å². The number of nitrogens with one attached hydrogen (secondary N) is 1. The summed E-state index contributed by atoms with van der Waals surface area (Å²) in [5, 5.41) is 22.9. The van der Waals surface area contributed by atoms with Gasteiger partial charge < -0.3 is 15.2 Å². The second kappa shape index (κ2) is 4.81. The topological polar surface area (TPSA) is 115 Å². The third-order valence-corrected chi connectivity index (χ3v) is 2.99. The summed E-state index contributed by atoms with van der Waals surface area (Å²) < 4.78 is 5.08. The Balaban J connectivity index is 2.37. The molecule has 1 aliphatic heterocycles. The van der Waals surface area contributed by atoms with Gasteiger partial charge in [-0.15, -0.1) is 0 Å². The largest absolute Gasteiger partial charge is 0.479 e. The Morgan fingerprint density at radius 3 is 2.95 bits per heavy atom. The molecular weight excluding hydrogens is 254 g/mol. The van der Waals surface area contributed by atoms with Crippen LogP contribution >= 0.6 is 0 Å². The molecule has 2 N–H and O–H groups in total. The van der Waals surface area contributed by atoms with Crippen molar-refractivity contribution in [2.45, 2.75) is 18.9 Å². The molecule has 1 saturated heterocycles. The van der Waals surface area contributed by atoms with Crippen molar-refractivity contribution < 1.29 is 19.6 Å². The van der Waals surface area contributed by atoms with E-state index in [-0.39, 0.29) is 24.5 Å². The average Bonchev–Trinajstić information content (AvgIpc) is 2.81. The van der Waals surface area contributed by atoms with Gasteiger partial charge in [-0.05, 0) is 12.5 Å². The van der Waals surface area contributed by atoms with Crippen molar-refractivity contribution in [3.63, 3.8) is 0 Å². The maximum atomic E-state index is 11.3. The number of nitro groups is 1. The number of nitrogens with zero attached hydrogens (tertiary/aromatic N) is 2. The number of aryl methyl sites for hydroxylation is 1. The van der Waals surface area contributed by atoms with Crippen LogP contribution in [0.4, 0.5) is 11.5 Å². The van der Waals surface area contributed by atoms with Gasteiger partial charge in [-0.25, -0.2) is 9.78 Å². The van der Waals surface area contributed by atoms with Crippen LogP contribution in [-0.2, 0) is 9.53 Å². The van der Waals surface area contributed by atoms with E-state index in [4.69, 9.17) is 4.74 Å². The summed E-state index contributed by atoms with van der Waals surface area (Å²) in [5.41, 5.74) is -0.968. The lowest BCUT2D eigenvalue weighted by atomic mass is 9.99. The fourth-order valence-corrected chi connectivity index (χ4v) is 1.90. The molecule has 1 fully saturated rings. The van der Waals surface area contributed by atoms with E-state index in [1.54, 1.807) is 6.92 Å². The first kappa shape index (κ1) is 13.2. The SMILES string of the molecule is Cc1cnc(NC2(C(=O)O)CCOC2)c([N+](=O)[O-])c1. The van der Waals surface area contributed by atoms with Gasteiger partial charge in [0.25, 0.3) is 0 Å². The van der Waals surface area contributed by atoms with Gasteiger partial charge in [0.2, 0.25) is 5.82 Å². The van der Waals surface area contributed by atoms with Gasteiger partial charge in [0, 0.05) is 25.3 Å². The molecule has 1 aromatic heterocycles. The molecule has 0 spiro atoms. The standard InChI is InChI=1S/C11H13N3O5/c1-7-4-8(14(17)18)9(12-5-7)13-11(10(15)16)2-3-19-6-11/h4-5H,2-3,6H2,1H3,(H,12,13)(H,15,16). The Hall–Kier alpha value is -2.22. The van der Waals surface area contributed by atoms with Crippen LogP contribution in [0, 0.1) is 17.0 Å². The molecule has 1 unspecified atom stereocenters. The van der Waals surface area contributed by atoms with Crippen LogP contribution < -0.4 is 5.32 Å². The fourth-order valence-electron chi connectivity index (χ4n) is 1.90. The molecule has 0 aliphatic carbocycles. The summed E-state index contributed by atoms with van der Waals surface area (Å²) in [4.78, 5) is 25.6. The van der Waals surface area contributed by atoms with Crippen molar-refractivity contribution in [3.8, 4) is 0 Å². The Bertz CT molecular complexity index is 525. The molecule has 2 rings (SSSR count). The molecule has 1 aromatic rings. The van der Waals surface area contributed by atoms with Crippen molar-refractivity contribution in [2.75, 3.05) is 18.5 Å². The molecule has 8 nitrogen and oxygen atoms in total. The molecule has 0 amide bonds. The van der Waals surface area contributed by atoms with Crippen LogP contribution in [0.5, 0.6) is 0 Å². The number of hydrogen-bond donors (Lipinski definition) is 2. The number of anilines is 1. The summed E-state index contributed by atoms with van der Waals surface area (Å²) in [6.07, 6.45) is 1.68. The Morgan fingerprint density at radius 2 is 2.42 bits per heavy atom. The van der Waals surface area contributed by atoms with Gasteiger partial charge in [-0.1, -0.05) is 0 Å². The van der Waals surface area contributed by atoms with E-state index in [2.05, 4.69) is 10.3 Å². The van der Waals surface area contributed by atoms with Crippen molar-refractivity contribution in [1.29, 1.82) is 0 Å². The first-order valence-electron chi connectivity index (χ1n) is 5.65. The molecule has 0 saturated carbocycles. The molecule has 1 atom stereocenters. The predicted octanol–water partition coefficient (Wildman–Crippen LogP) is 0.954. The summed E-state index contributed by atoms with van der Waals surface area (Å²) in [6, 6.07) is 1.35. The molecule has 2 heterocycles. The predicted molar refractivity (Wildman–Crippen MR) is 65.1 cm³/mol. The summed E-state index contributed by atoms with van der Waals surface area (Å²) >= 11 is 0. The van der Waals surface area contributed by atoms with Crippen LogP contribution in [0.2, 0.25) is 0 Å². The summed E-state index contributed by atoms with van der Waals surface area (Å²) in [6.45, 7) is 1.92. The van der Waals surface area contributed by atoms with Gasteiger partial charge in [0.15, 0.2) is 5.54 Å². The molecule has 1 aliphatic rings. The minimum atomic E-state index is -1.35. The molecule has 0 radical (unpaired) electrons. The van der Waals surface area contributed by atoms with Gasteiger partial charge in [-0.3, -0.25) is 10.1 Å². The molecule has 102 valence electrons. The number of ether oxygens (including phenoxy) is 1. The highest BCUT2D eigenvalue weighted by molar-refractivity contribution is 5.84. The van der Waals surface area contributed by atoms with Gasteiger partial charge in [0.05, 0.1) is 11.5 Å². The minimum Gasteiger partial charge on any atom is -0.479 e. The van der Waals surface area contributed by atoms with E-state index in [0.717, 1.165) is 0 Å². The van der Waals surface area contributed by atoms with E-state index < -0.39 is 16.4 Å². The van der Waals surface area contributed by atoms with Crippen LogP contribution in [0.1, 0.15) is 12.0 Å². The van der Waals surface area contributed by atoms with Crippen molar-refractivity contribution in [1.82, 2.24) is 4.98 Å². The number of aromatic nitrogens is 1. The lowest BCUT2D eigenvalue weighted by Crippen LogP contribution is -2.47. The number of carboxylic acid groups (broad SMARTS) is 1. The third kappa shape index (κ3) is 2.48. The van der Waals surface area contributed by atoms with Crippen LogP contribution in [-0.4, -0.2) is 39.7 Å². The number of pyridine rings is 1. The molecular formula is C11H13N3O5. The number of aliphatic carboxylic acids is 1. The second-order valence-electron chi connectivity index (χ2n) is 4.45. The smallest absolute Gasteiger partial charge is 0.331 e. The monoisotopic (exact) mass is 267 g/mol. The molecule has 8 heteroatoms. The van der Waals surface area contributed by atoms with Crippen molar-refractivity contribution in [2.24, 2.45) is 0 Å². The number of carboxylic acids is 1. The highest BCUT2D eigenvalue weighted by atomic mass is 16.6. The van der Waals surface area contributed by atoms with E-state index in [1.807, 2.05) is 0 Å². The van der Waals surface area contributed by atoms with E-state index in [0.29, 0.717) is 12.2 Å². The number of carbonyl (C=O) groups is 1. The zero-order valence-corrected chi connectivity index (χ0v) is 10.3. The first-order chi connectivity index (χ1) is 8.94. The van der Waals surface area contributed by atoms with Crippen LogP contribution in [0.25, 0.3) is 0 Å². The maximum absolute atomic E-state index is 11.3. The Labute approximate surface area is 108 Å². The fraction of sp³-hybridized carbons (Fsp3) is 0.455. The normalized spacial score (nSPS) is 22.2. The van der Waals surface area contributed by atoms with E-state index >= 15 is 0 Å². The number of hydrogen-bond acceptors (Lipinski definition) is 6. The van der Waals surface area contributed by atoms with Gasteiger partial charge in [0.1, 0.15) is 0 Å². The Morgan fingerprint density at radius 1 is 1.68 bits per heavy atom. The lowest BCUT2D eigenvalue weighted by Gasteiger charge is -2.24. The zero-order valence-electron chi connectivity index (χ0n) is 10.3. The molecule has 0 aromatic carbocycles. The quantitative estimate of drug-likeness (QED) is 0.616. The zero-order chi connectivity index (χ0) is 14.0. The second-order valence-corrected chi connectivity index (χ2v) is 4.45. The lowest BCUT2D eigenvalue weighted by molar-refractivity contribution is -0.384. The van der Waals surface area contributed by atoms with Crippen molar-refractivity contribution >= 4 is 17.5 Å². The molecule has 19 heavy (non-hydrogen) atoms. The highest BCUT2D eigenvalue weighted by Gasteiger charge is 2.44. The average molecular weight is 267 g/mol. The van der Waals surface area contributed by atoms with E-state index in [9.17, 15) is 20.0 Å². The third-order valence-electron chi connectivity index (χ3n) is 2.99. The highest BCUT2D eigenvalue weighted by Crippen LogP contribution is 2.29. The van der Waals surface area contributed by atoms with Gasteiger partial charge >= 0.3 is 11.7 Å². The number of rotatable bonds is 4. The van der Waals surface area contributed by atoms with Crippen molar-refractivity contribution in [3.05, 3.63) is 27.9 Å². The molecule has 0 bridgehead atoms. The Kier molecular flexibility index (Phi) is 3.34. The maximum Gasteiger partial charge on any atom is 0.331 e. The summed E-state index contributed by atoms with van der Waals surface area (Å²) in [5.74, 6) is -1.16. The summed E-state index contributed by atoms with van der Waals surface area (Å²) in [7, 11) is 0. The van der Waals surface area contributed by atoms with E-state index in [1.165, 1.54) is 12.3 Å².